The number of benzene rings is 1. The van der Waals surface area contributed by atoms with Crippen LogP contribution in [0.3, 0.4) is 0 Å². The molecule has 0 saturated carbocycles. The average Bonchev–Trinajstić information content (AvgIpc) is 2.28. The van der Waals surface area contributed by atoms with Gasteiger partial charge in [-0.25, -0.2) is 0 Å². The summed E-state index contributed by atoms with van der Waals surface area (Å²) < 4.78 is 0. The number of rotatable bonds is 4. The van der Waals surface area contributed by atoms with E-state index in [1.165, 1.54) is 25.1 Å². The van der Waals surface area contributed by atoms with E-state index in [0.29, 0.717) is 11.1 Å². The van der Waals surface area contributed by atoms with Crippen LogP contribution in [-0.2, 0) is 0 Å². The van der Waals surface area contributed by atoms with E-state index in [-0.39, 0.29) is 17.9 Å². The van der Waals surface area contributed by atoms with Crippen LogP contribution in [0.1, 0.15) is 35.4 Å². The molecule has 17 heavy (non-hydrogen) atoms. The van der Waals surface area contributed by atoms with Gasteiger partial charge in [-0.3, -0.25) is 4.79 Å². The molecule has 0 aliphatic heterocycles. The van der Waals surface area contributed by atoms with E-state index in [2.05, 4.69) is 0 Å². The third kappa shape index (κ3) is 3.03. The van der Waals surface area contributed by atoms with Crippen molar-refractivity contribution >= 4 is 11.5 Å². The predicted molar refractivity (Wildman–Crippen MR) is 62.1 cm³/mol. The lowest BCUT2D eigenvalue weighted by atomic mass is 9.98. The first kappa shape index (κ1) is 13.2. The maximum Gasteiger partial charge on any atom is 0.159 e. The quantitative estimate of drug-likeness (QED) is 0.527. The fourth-order valence-corrected chi connectivity index (χ4v) is 1.48. The lowest BCUT2D eigenvalue weighted by Gasteiger charge is -2.17. The molecule has 0 aromatic heterocycles. The minimum absolute atomic E-state index is 0.129. The number of nitrogen functional groups attached to an aromatic ring is 1. The van der Waals surface area contributed by atoms with Gasteiger partial charge >= 0.3 is 0 Å². The minimum atomic E-state index is -1.23. The monoisotopic (exact) mass is 234 g/mol. The first-order valence-electron chi connectivity index (χ1n) is 5.10. The van der Waals surface area contributed by atoms with Gasteiger partial charge in [0.1, 0.15) is 6.10 Å². The van der Waals surface area contributed by atoms with Crippen LogP contribution in [0.25, 0.3) is 0 Å². The number of Topliss-reactive ketones (excluding diaryl/α,β-unsaturated/α-hetero) is 1. The molecular formula is C12H14N2O3. The number of hydrogen-bond acceptors (Lipinski definition) is 5. The van der Waals surface area contributed by atoms with Crippen molar-refractivity contribution in [1.29, 1.82) is 5.26 Å². The van der Waals surface area contributed by atoms with E-state index in [4.69, 9.17) is 11.0 Å². The van der Waals surface area contributed by atoms with Crippen molar-refractivity contribution in [2.45, 2.75) is 25.6 Å². The van der Waals surface area contributed by atoms with Crippen LogP contribution in [-0.4, -0.2) is 22.1 Å². The van der Waals surface area contributed by atoms with E-state index in [1.807, 2.05) is 0 Å². The number of carbonyl (C=O) groups is 1. The number of aliphatic hydroxyl groups excluding tert-OH is 2. The molecule has 0 amide bonds. The number of carbonyl (C=O) groups excluding carboxylic acids is 1. The van der Waals surface area contributed by atoms with Crippen molar-refractivity contribution in [2.24, 2.45) is 0 Å². The maximum atomic E-state index is 11.1. The Morgan fingerprint density at radius 2 is 2.18 bits per heavy atom. The fraction of sp³-hybridized carbons (Fsp3) is 0.333. The Balaban J connectivity index is 3.00. The summed E-state index contributed by atoms with van der Waals surface area (Å²) >= 11 is 0. The van der Waals surface area contributed by atoms with Gasteiger partial charge in [0.15, 0.2) is 5.78 Å². The predicted octanol–water partition coefficient (Wildman–Crippen LogP) is 0.779. The van der Waals surface area contributed by atoms with Gasteiger partial charge in [0.25, 0.3) is 0 Å². The Hall–Kier alpha value is -1.90. The molecule has 0 aliphatic carbocycles. The Morgan fingerprint density at radius 1 is 1.53 bits per heavy atom. The molecule has 5 nitrogen and oxygen atoms in total. The zero-order chi connectivity index (χ0) is 13.0. The van der Waals surface area contributed by atoms with E-state index in [9.17, 15) is 15.0 Å². The van der Waals surface area contributed by atoms with Crippen molar-refractivity contribution in [2.75, 3.05) is 5.73 Å². The summed E-state index contributed by atoms with van der Waals surface area (Å²) in [5.41, 5.74) is 6.67. The Kier molecular flexibility index (Phi) is 4.21. The minimum Gasteiger partial charge on any atom is -0.398 e. The van der Waals surface area contributed by atoms with Crippen molar-refractivity contribution in [3.63, 3.8) is 0 Å². The van der Waals surface area contributed by atoms with Crippen LogP contribution in [0.15, 0.2) is 18.2 Å². The zero-order valence-corrected chi connectivity index (χ0v) is 9.42. The number of anilines is 1. The molecule has 90 valence electrons. The number of hydrogen-bond donors (Lipinski definition) is 3. The topological polar surface area (TPSA) is 107 Å². The summed E-state index contributed by atoms with van der Waals surface area (Å²) in [5, 5.41) is 27.7. The number of nitrogens with two attached hydrogens (primary N) is 1. The van der Waals surface area contributed by atoms with Crippen molar-refractivity contribution in [3.05, 3.63) is 29.3 Å². The molecule has 0 spiro atoms. The molecule has 1 rings (SSSR count). The van der Waals surface area contributed by atoms with Gasteiger partial charge in [-0.05, 0) is 13.0 Å². The van der Waals surface area contributed by atoms with Gasteiger partial charge in [0.2, 0.25) is 0 Å². The van der Waals surface area contributed by atoms with E-state index >= 15 is 0 Å². The molecule has 0 saturated heterocycles. The van der Waals surface area contributed by atoms with Crippen molar-refractivity contribution in [1.82, 2.24) is 0 Å². The highest BCUT2D eigenvalue weighted by atomic mass is 16.3. The van der Waals surface area contributed by atoms with Gasteiger partial charge in [-0.15, -0.1) is 0 Å². The molecule has 0 aliphatic rings. The normalized spacial score (nSPS) is 13.8. The second kappa shape index (κ2) is 5.43. The lowest BCUT2D eigenvalue weighted by molar-refractivity contribution is 0.0221. The second-order valence-corrected chi connectivity index (χ2v) is 3.77. The van der Waals surface area contributed by atoms with Crippen LogP contribution in [0.2, 0.25) is 0 Å². The number of aliphatic hydroxyl groups is 2. The highest BCUT2D eigenvalue weighted by Crippen LogP contribution is 2.25. The standard InChI is InChI=1S/C12H14N2O3/c1-7(15)8-2-3-9(10(14)6-8)12(17)11(16)4-5-13/h2-3,6,11-12,16-17H,4,14H2,1H3. The van der Waals surface area contributed by atoms with Gasteiger partial charge in [0.05, 0.1) is 18.6 Å². The van der Waals surface area contributed by atoms with E-state index in [1.54, 1.807) is 6.07 Å². The molecule has 2 atom stereocenters. The first-order chi connectivity index (χ1) is 7.97. The molecule has 2 unspecified atom stereocenters. The summed E-state index contributed by atoms with van der Waals surface area (Å²) in [4.78, 5) is 11.1. The van der Waals surface area contributed by atoms with Crippen LogP contribution in [0, 0.1) is 11.3 Å². The number of ketones is 1. The second-order valence-electron chi connectivity index (χ2n) is 3.77. The van der Waals surface area contributed by atoms with Crippen LogP contribution < -0.4 is 5.73 Å². The largest absolute Gasteiger partial charge is 0.398 e. The zero-order valence-electron chi connectivity index (χ0n) is 9.42. The molecule has 0 heterocycles. The van der Waals surface area contributed by atoms with Gasteiger partial charge < -0.3 is 15.9 Å². The molecule has 1 aromatic rings. The molecular weight excluding hydrogens is 220 g/mol. The van der Waals surface area contributed by atoms with E-state index in [0.717, 1.165) is 0 Å². The maximum absolute atomic E-state index is 11.1. The molecule has 0 bridgehead atoms. The smallest absolute Gasteiger partial charge is 0.159 e. The Labute approximate surface area is 99.1 Å². The molecule has 4 N–H and O–H groups in total. The van der Waals surface area contributed by atoms with Crippen LogP contribution in [0.4, 0.5) is 5.69 Å². The summed E-state index contributed by atoms with van der Waals surface area (Å²) in [5.74, 6) is -0.129. The SMILES string of the molecule is CC(=O)c1ccc(C(O)C(O)CC#N)c(N)c1. The highest BCUT2D eigenvalue weighted by Gasteiger charge is 2.20. The first-order valence-corrected chi connectivity index (χ1v) is 5.10. The molecule has 1 aromatic carbocycles. The third-order valence-corrected chi connectivity index (χ3v) is 2.48. The van der Waals surface area contributed by atoms with Gasteiger partial charge in [0, 0.05) is 16.8 Å². The summed E-state index contributed by atoms with van der Waals surface area (Å²) in [6, 6.07) is 6.21. The Morgan fingerprint density at radius 3 is 2.65 bits per heavy atom. The summed E-state index contributed by atoms with van der Waals surface area (Å²) in [6.45, 7) is 1.41. The summed E-state index contributed by atoms with van der Waals surface area (Å²) in [6.07, 6.45) is -2.60. The van der Waals surface area contributed by atoms with Crippen LogP contribution >= 0.6 is 0 Å². The van der Waals surface area contributed by atoms with Crippen molar-refractivity contribution < 1.29 is 15.0 Å². The van der Waals surface area contributed by atoms with Crippen molar-refractivity contribution in [3.8, 4) is 6.07 Å². The fourth-order valence-electron chi connectivity index (χ4n) is 1.48. The van der Waals surface area contributed by atoms with Gasteiger partial charge in [-0.2, -0.15) is 5.26 Å². The molecule has 0 fully saturated rings. The average molecular weight is 234 g/mol. The van der Waals surface area contributed by atoms with E-state index < -0.39 is 12.2 Å². The number of nitrogens with zero attached hydrogens (tertiary/aromatic N) is 1. The van der Waals surface area contributed by atoms with Crippen LogP contribution in [0.5, 0.6) is 0 Å². The highest BCUT2D eigenvalue weighted by molar-refractivity contribution is 5.95. The molecule has 5 heteroatoms. The molecule has 0 radical (unpaired) electrons. The summed E-state index contributed by atoms with van der Waals surface area (Å²) in [7, 11) is 0. The third-order valence-electron chi connectivity index (χ3n) is 2.48. The Bertz CT molecular complexity index is 465. The van der Waals surface area contributed by atoms with Gasteiger partial charge in [-0.1, -0.05) is 12.1 Å². The number of nitriles is 1. The lowest BCUT2D eigenvalue weighted by Crippen LogP contribution is -2.18.